The van der Waals surface area contributed by atoms with Crippen molar-refractivity contribution in [2.45, 2.75) is 12.5 Å². The molecule has 86 valence electrons. The van der Waals surface area contributed by atoms with E-state index in [0.29, 0.717) is 17.6 Å². The van der Waals surface area contributed by atoms with Gasteiger partial charge in [0, 0.05) is 19.6 Å². The molecule has 1 atom stereocenters. The first-order chi connectivity index (χ1) is 7.79. The normalized spacial score (nSPS) is 19.4. The van der Waals surface area contributed by atoms with E-state index >= 15 is 0 Å². The number of aromatic nitrogens is 2. The van der Waals surface area contributed by atoms with Crippen LogP contribution in [0.15, 0.2) is 12.1 Å². The lowest BCUT2D eigenvalue weighted by molar-refractivity contribution is 0.0957. The van der Waals surface area contributed by atoms with Gasteiger partial charge < -0.3 is 16.0 Å². The summed E-state index contributed by atoms with van der Waals surface area (Å²) in [7, 11) is 1.57. The Kier molecular flexibility index (Phi) is 3.31. The second kappa shape index (κ2) is 4.89. The van der Waals surface area contributed by atoms with Crippen LogP contribution in [0.2, 0.25) is 0 Å². The number of nitrogens with one attached hydrogen (secondary N) is 3. The highest BCUT2D eigenvalue weighted by Crippen LogP contribution is 2.07. The highest BCUT2D eigenvalue weighted by atomic mass is 16.1. The monoisotopic (exact) mass is 221 g/mol. The maximum atomic E-state index is 11.2. The van der Waals surface area contributed by atoms with Crippen LogP contribution in [-0.4, -0.2) is 42.3 Å². The van der Waals surface area contributed by atoms with Crippen molar-refractivity contribution in [2.24, 2.45) is 0 Å². The topological polar surface area (TPSA) is 78.9 Å². The molecule has 1 fully saturated rings. The van der Waals surface area contributed by atoms with E-state index in [2.05, 4.69) is 26.1 Å². The second-order valence-corrected chi connectivity index (χ2v) is 3.72. The third-order valence-electron chi connectivity index (χ3n) is 2.54. The first-order valence-electron chi connectivity index (χ1n) is 5.32. The van der Waals surface area contributed by atoms with Crippen LogP contribution in [0.25, 0.3) is 0 Å². The Hall–Kier alpha value is -1.69. The Balaban J connectivity index is 1.98. The molecule has 2 heterocycles. The number of carbonyl (C=O) groups excluding carboxylic acids is 1. The third kappa shape index (κ3) is 2.46. The summed E-state index contributed by atoms with van der Waals surface area (Å²) in [5.74, 6) is 0.489. The number of rotatable bonds is 3. The van der Waals surface area contributed by atoms with Gasteiger partial charge in [-0.25, -0.2) is 0 Å². The zero-order chi connectivity index (χ0) is 11.4. The molecule has 16 heavy (non-hydrogen) atoms. The van der Waals surface area contributed by atoms with E-state index in [1.165, 1.54) is 0 Å². The summed E-state index contributed by atoms with van der Waals surface area (Å²) >= 11 is 0. The van der Waals surface area contributed by atoms with Crippen molar-refractivity contribution < 1.29 is 4.79 Å². The van der Waals surface area contributed by atoms with Crippen LogP contribution in [0.1, 0.15) is 16.9 Å². The van der Waals surface area contributed by atoms with Crippen LogP contribution in [0.5, 0.6) is 0 Å². The molecule has 6 nitrogen and oxygen atoms in total. The smallest absolute Gasteiger partial charge is 0.271 e. The molecule has 0 spiro atoms. The Morgan fingerprint density at radius 3 is 2.94 bits per heavy atom. The zero-order valence-corrected chi connectivity index (χ0v) is 9.16. The summed E-state index contributed by atoms with van der Waals surface area (Å²) in [5, 5.41) is 16.8. The molecule has 0 radical (unpaired) electrons. The summed E-state index contributed by atoms with van der Waals surface area (Å²) < 4.78 is 0. The first kappa shape index (κ1) is 10.8. The molecule has 1 amide bonds. The van der Waals surface area contributed by atoms with Gasteiger partial charge in [-0.2, -0.15) is 0 Å². The van der Waals surface area contributed by atoms with E-state index in [1.54, 1.807) is 19.2 Å². The van der Waals surface area contributed by atoms with Gasteiger partial charge in [0.15, 0.2) is 5.69 Å². The summed E-state index contributed by atoms with van der Waals surface area (Å²) in [4.78, 5) is 11.2. The molecular weight excluding hydrogens is 206 g/mol. The van der Waals surface area contributed by atoms with Gasteiger partial charge in [-0.1, -0.05) is 0 Å². The van der Waals surface area contributed by atoms with Gasteiger partial charge in [0.25, 0.3) is 5.91 Å². The molecule has 0 aliphatic carbocycles. The Labute approximate surface area is 93.8 Å². The fourth-order valence-corrected chi connectivity index (χ4v) is 1.65. The standard InChI is InChI=1S/C10H15N5O/c1-11-10(16)8-2-3-9(15-14-8)13-7-4-5-12-6-7/h2-3,7,12H,4-6H2,1H3,(H,11,16)(H,13,15). The average molecular weight is 221 g/mol. The molecule has 0 saturated carbocycles. The molecule has 1 unspecified atom stereocenters. The SMILES string of the molecule is CNC(=O)c1ccc(NC2CCNC2)nn1. The van der Waals surface area contributed by atoms with E-state index in [-0.39, 0.29) is 5.91 Å². The summed E-state index contributed by atoms with van der Waals surface area (Å²) in [6.45, 7) is 1.97. The molecule has 1 aliphatic rings. The van der Waals surface area contributed by atoms with Crippen molar-refractivity contribution in [3.8, 4) is 0 Å². The third-order valence-corrected chi connectivity index (χ3v) is 2.54. The molecule has 2 rings (SSSR count). The summed E-state index contributed by atoms with van der Waals surface area (Å²) in [6, 6.07) is 3.84. The second-order valence-electron chi connectivity index (χ2n) is 3.72. The van der Waals surface area contributed by atoms with Gasteiger partial charge in [-0.05, 0) is 25.1 Å². The number of anilines is 1. The van der Waals surface area contributed by atoms with E-state index < -0.39 is 0 Å². The number of hydrogen-bond acceptors (Lipinski definition) is 5. The highest BCUT2D eigenvalue weighted by molar-refractivity contribution is 5.91. The molecule has 1 aromatic heterocycles. The van der Waals surface area contributed by atoms with Crippen molar-refractivity contribution in [3.05, 3.63) is 17.8 Å². The maximum absolute atomic E-state index is 11.2. The number of amides is 1. The minimum absolute atomic E-state index is 0.221. The van der Waals surface area contributed by atoms with Crippen LogP contribution in [0.3, 0.4) is 0 Å². The minimum Gasteiger partial charge on any atom is -0.365 e. The fourth-order valence-electron chi connectivity index (χ4n) is 1.65. The van der Waals surface area contributed by atoms with Gasteiger partial charge in [-0.3, -0.25) is 4.79 Å². The molecule has 1 aliphatic heterocycles. The van der Waals surface area contributed by atoms with Crippen molar-refractivity contribution in [2.75, 3.05) is 25.5 Å². The van der Waals surface area contributed by atoms with Crippen LogP contribution in [0, 0.1) is 0 Å². The van der Waals surface area contributed by atoms with Gasteiger partial charge in [0.1, 0.15) is 5.82 Å². The predicted molar refractivity (Wildman–Crippen MR) is 60.3 cm³/mol. The van der Waals surface area contributed by atoms with E-state index in [4.69, 9.17) is 0 Å². The van der Waals surface area contributed by atoms with E-state index in [0.717, 1.165) is 19.5 Å². The minimum atomic E-state index is -0.221. The number of nitrogens with zero attached hydrogens (tertiary/aromatic N) is 2. The first-order valence-corrected chi connectivity index (χ1v) is 5.32. The quantitative estimate of drug-likeness (QED) is 0.648. The Morgan fingerprint density at radius 1 is 1.50 bits per heavy atom. The number of carbonyl (C=O) groups is 1. The maximum Gasteiger partial charge on any atom is 0.271 e. The van der Waals surface area contributed by atoms with Crippen LogP contribution >= 0.6 is 0 Å². The van der Waals surface area contributed by atoms with E-state index in [1.807, 2.05) is 0 Å². The molecule has 1 saturated heterocycles. The molecule has 3 N–H and O–H groups in total. The lowest BCUT2D eigenvalue weighted by atomic mass is 10.2. The molecule has 0 bridgehead atoms. The van der Waals surface area contributed by atoms with Crippen LogP contribution in [0.4, 0.5) is 5.82 Å². The molecule has 6 heteroatoms. The van der Waals surface area contributed by atoms with Crippen LogP contribution < -0.4 is 16.0 Å². The van der Waals surface area contributed by atoms with Crippen molar-refractivity contribution in [1.82, 2.24) is 20.8 Å². The lowest BCUT2D eigenvalue weighted by Crippen LogP contribution is -2.24. The molecule has 1 aromatic rings. The zero-order valence-electron chi connectivity index (χ0n) is 9.16. The van der Waals surface area contributed by atoms with Crippen molar-refractivity contribution in [3.63, 3.8) is 0 Å². The number of hydrogen-bond donors (Lipinski definition) is 3. The lowest BCUT2D eigenvalue weighted by Gasteiger charge is -2.10. The van der Waals surface area contributed by atoms with Crippen LogP contribution in [-0.2, 0) is 0 Å². The highest BCUT2D eigenvalue weighted by Gasteiger charge is 2.14. The average Bonchev–Trinajstić information content (AvgIpc) is 2.82. The van der Waals surface area contributed by atoms with Gasteiger partial charge in [0.2, 0.25) is 0 Å². The fraction of sp³-hybridized carbons (Fsp3) is 0.500. The molecular formula is C10H15N5O. The van der Waals surface area contributed by atoms with Gasteiger partial charge in [-0.15, -0.1) is 10.2 Å². The predicted octanol–water partition coefficient (Wildman–Crippen LogP) is -0.390. The summed E-state index contributed by atoms with van der Waals surface area (Å²) in [6.07, 6.45) is 1.08. The Bertz CT molecular complexity index is 358. The summed E-state index contributed by atoms with van der Waals surface area (Å²) in [5.41, 5.74) is 0.331. The van der Waals surface area contributed by atoms with E-state index in [9.17, 15) is 4.79 Å². The van der Waals surface area contributed by atoms with Gasteiger partial charge >= 0.3 is 0 Å². The van der Waals surface area contributed by atoms with Crippen molar-refractivity contribution in [1.29, 1.82) is 0 Å². The molecule has 0 aromatic carbocycles. The van der Waals surface area contributed by atoms with Gasteiger partial charge in [0.05, 0.1) is 0 Å². The Morgan fingerprint density at radius 2 is 2.38 bits per heavy atom. The van der Waals surface area contributed by atoms with Crippen molar-refractivity contribution >= 4 is 11.7 Å². The largest absolute Gasteiger partial charge is 0.365 e.